The Labute approximate surface area is 136 Å². The third kappa shape index (κ3) is 2.84. The van der Waals surface area contributed by atoms with Crippen LogP contribution in [0.4, 0.5) is 4.39 Å². The van der Waals surface area contributed by atoms with Crippen LogP contribution in [0.5, 0.6) is 0 Å². The molecule has 3 rings (SSSR count). The van der Waals surface area contributed by atoms with Crippen molar-refractivity contribution in [3.8, 4) is 0 Å². The maximum absolute atomic E-state index is 13.5. The van der Waals surface area contributed by atoms with Gasteiger partial charge in [-0.3, -0.25) is 9.88 Å². The molecule has 22 heavy (non-hydrogen) atoms. The van der Waals surface area contributed by atoms with Crippen LogP contribution in [0, 0.1) is 0 Å². The summed E-state index contributed by atoms with van der Waals surface area (Å²) in [5, 5.41) is 1.84. The maximum Gasteiger partial charge on any atom is 0.114 e. The molecule has 1 saturated heterocycles. The summed E-state index contributed by atoms with van der Waals surface area (Å²) >= 11 is 6.19. The number of rotatable bonds is 3. The van der Waals surface area contributed by atoms with Crippen molar-refractivity contribution in [2.75, 3.05) is 13.1 Å². The van der Waals surface area contributed by atoms with Crippen molar-refractivity contribution < 1.29 is 4.39 Å². The van der Waals surface area contributed by atoms with Gasteiger partial charge in [0.15, 0.2) is 0 Å². The third-order valence-electron chi connectivity index (χ3n) is 4.64. The highest BCUT2D eigenvalue weighted by atomic mass is 35.5. The molecule has 1 aliphatic rings. The molecule has 1 unspecified atom stereocenters. The highest BCUT2D eigenvalue weighted by Crippen LogP contribution is 2.35. The molecule has 0 radical (unpaired) electrons. The predicted molar refractivity (Wildman–Crippen MR) is 90.3 cm³/mol. The van der Waals surface area contributed by atoms with Crippen molar-refractivity contribution in [2.45, 2.75) is 45.3 Å². The molecular weight excluding hydrogens is 299 g/mol. The Morgan fingerprint density at radius 2 is 2.09 bits per heavy atom. The smallest absolute Gasteiger partial charge is 0.114 e. The summed E-state index contributed by atoms with van der Waals surface area (Å²) in [5.41, 5.74) is 3.44. The second kappa shape index (κ2) is 6.13. The van der Waals surface area contributed by atoms with E-state index in [1.54, 1.807) is 0 Å². The number of pyridine rings is 1. The first-order valence-corrected chi connectivity index (χ1v) is 8.31. The van der Waals surface area contributed by atoms with Crippen molar-refractivity contribution in [1.29, 1.82) is 0 Å². The highest BCUT2D eigenvalue weighted by Gasteiger charge is 2.28. The van der Waals surface area contributed by atoms with Crippen LogP contribution in [0.25, 0.3) is 10.9 Å². The Kier molecular flexibility index (Phi) is 4.37. The largest absolute Gasteiger partial charge is 0.294 e. The lowest BCUT2D eigenvalue weighted by Gasteiger charge is -2.27. The van der Waals surface area contributed by atoms with E-state index in [0.29, 0.717) is 18.9 Å². The number of hydrogen-bond donors (Lipinski definition) is 0. The Bertz CT molecular complexity index is 686. The van der Waals surface area contributed by atoms with E-state index in [1.165, 1.54) is 11.1 Å². The molecule has 2 heterocycles. The van der Waals surface area contributed by atoms with Gasteiger partial charge in [-0.1, -0.05) is 25.4 Å². The van der Waals surface area contributed by atoms with Crippen LogP contribution in [-0.4, -0.2) is 29.1 Å². The first-order valence-electron chi connectivity index (χ1n) is 7.93. The third-order valence-corrected chi connectivity index (χ3v) is 4.87. The van der Waals surface area contributed by atoms with Gasteiger partial charge in [-0.15, -0.1) is 0 Å². The van der Waals surface area contributed by atoms with Gasteiger partial charge >= 0.3 is 0 Å². The average molecular weight is 321 g/mol. The summed E-state index contributed by atoms with van der Waals surface area (Å²) in [6.45, 7) is 7.86. The van der Waals surface area contributed by atoms with E-state index >= 15 is 0 Å². The number of aromatic nitrogens is 1. The first-order chi connectivity index (χ1) is 10.5. The molecule has 4 heteroatoms. The lowest BCUT2D eigenvalue weighted by molar-refractivity contribution is 0.234. The molecule has 1 aromatic carbocycles. The average Bonchev–Trinajstić information content (AvgIpc) is 2.91. The molecule has 0 saturated carbocycles. The van der Waals surface area contributed by atoms with Gasteiger partial charge in [0.05, 0.1) is 5.52 Å². The quantitative estimate of drug-likeness (QED) is 0.780. The molecule has 0 amide bonds. The fourth-order valence-corrected chi connectivity index (χ4v) is 3.64. The van der Waals surface area contributed by atoms with Crippen LogP contribution in [0.2, 0.25) is 5.02 Å². The number of likely N-dealkylation sites (tertiary alicyclic amines) is 1. The number of hydrogen-bond acceptors (Lipinski definition) is 2. The van der Waals surface area contributed by atoms with Crippen molar-refractivity contribution >= 4 is 22.5 Å². The normalized spacial score (nSPS) is 20.9. The minimum absolute atomic E-state index is 0.175. The van der Waals surface area contributed by atoms with E-state index in [4.69, 9.17) is 11.6 Å². The Balaban J connectivity index is 2.10. The maximum atomic E-state index is 13.5. The first kappa shape index (κ1) is 15.7. The highest BCUT2D eigenvalue weighted by molar-refractivity contribution is 6.31. The summed E-state index contributed by atoms with van der Waals surface area (Å²) in [4.78, 5) is 6.81. The fraction of sp³-hybridized carbons (Fsp3) is 0.500. The van der Waals surface area contributed by atoms with Gasteiger partial charge in [0.1, 0.15) is 6.17 Å². The summed E-state index contributed by atoms with van der Waals surface area (Å²) in [6.07, 6.45) is 1.89. The minimum Gasteiger partial charge on any atom is -0.294 e. The Morgan fingerprint density at radius 1 is 1.32 bits per heavy atom. The van der Waals surface area contributed by atoms with Crippen LogP contribution in [0.15, 0.2) is 24.4 Å². The molecule has 0 bridgehead atoms. The fourth-order valence-electron chi connectivity index (χ4n) is 3.47. The van der Waals surface area contributed by atoms with Gasteiger partial charge in [-0.2, -0.15) is 0 Å². The minimum atomic E-state index is -0.701. The molecule has 118 valence electrons. The van der Waals surface area contributed by atoms with Crippen LogP contribution in [0.3, 0.4) is 0 Å². The van der Waals surface area contributed by atoms with Gasteiger partial charge in [0.25, 0.3) is 0 Å². The van der Waals surface area contributed by atoms with Gasteiger partial charge < -0.3 is 0 Å². The number of benzene rings is 1. The Hall–Kier alpha value is -1.19. The van der Waals surface area contributed by atoms with Crippen molar-refractivity contribution in [3.63, 3.8) is 0 Å². The van der Waals surface area contributed by atoms with Crippen molar-refractivity contribution in [2.24, 2.45) is 0 Å². The van der Waals surface area contributed by atoms with E-state index in [0.717, 1.165) is 22.5 Å². The number of fused-ring (bicyclic) bond motifs is 1. The predicted octanol–water partition coefficient (Wildman–Crippen LogP) is 5.12. The Morgan fingerprint density at radius 3 is 2.73 bits per heavy atom. The van der Waals surface area contributed by atoms with Crippen LogP contribution < -0.4 is 0 Å². The van der Waals surface area contributed by atoms with Gasteiger partial charge in [-0.05, 0) is 48.6 Å². The molecule has 2 nitrogen and oxygen atoms in total. The topological polar surface area (TPSA) is 16.1 Å². The summed E-state index contributed by atoms with van der Waals surface area (Å²) in [5.74, 6) is 0.366. The molecular formula is C18H22ClFN2. The molecule has 2 atom stereocenters. The lowest BCUT2D eigenvalue weighted by atomic mass is 9.90. The van der Waals surface area contributed by atoms with Gasteiger partial charge in [0, 0.05) is 35.7 Å². The second-order valence-electron chi connectivity index (χ2n) is 6.50. The van der Waals surface area contributed by atoms with Crippen LogP contribution in [0.1, 0.15) is 50.3 Å². The molecule has 1 aromatic heterocycles. The van der Waals surface area contributed by atoms with Gasteiger partial charge in [0.2, 0.25) is 0 Å². The summed E-state index contributed by atoms with van der Waals surface area (Å²) < 4.78 is 13.5. The second-order valence-corrected chi connectivity index (χ2v) is 6.94. The van der Waals surface area contributed by atoms with E-state index in [9.17, 15) is 4.39 Å². The molecule has 2 aromatic rings. The van der Waals surface area contributed by atoms with E-state index in [1.807, 2.05) is 24.4 Å². The summed E-state index contributed by atoms with van der Waals surface area (Å²) in [6, 6.07) is 6.01. The zero-order valence-electron chi connectivity index (χ0n) is 13.3. The molecule has 1 aliphatic heterocycles. The van der Waals surface area contributed by atoms with Crippen molar-refractivity contribution in [3.05, 3.63) is 40.5 Å². The van der Waals surface area contributed by atoms with E-state index in [-0.39, 0.29) is 6.04 Å². The lowest BCUT2D eigenvalue weighted by Crippen LogP contribution is -2.26. The number of halogens is 2. The standard InChI is InChI=1S/C18H22ClFN2/c1-11(2)18-15-8-13(19)4-5-17(15)21-9-16(18)12(3)22-7-6-14(20)10-22/h4-5,8-9,11-12,14H,6-7,10H2,1-3H3/t12?,14-/m1/s1. The van der Waals surface area contributed by atoms with E-state index in [2.05, 4.69) is 30.7 Å². The van der Waals surface area contributed by atoms with E-state index < -0.39 is 6.17 Å². The molecule has 0 spiro atoms. The molecule has 1 fully saturated rings. The molecule has 0 N–H and O–H groups in total. The number of alkyl halides is 1. The zero-order valence-corrected chi connectivity index (χ0v) is 14.1. The number of nitrogens with zero attached hydrogens (tertiary/aromatic N) is 2. The molecule has 0 aliphatic carbocycles. The monoisotopic (exact) mass is 320 g/mol. The van der Waals surface area contributed by atoms with Crippen LogP contribution >= 0.6 is 11.6 Å². The SMILES string of the molecule is CC(C)c1c(C(C)N2CC[C@@H](F)C2)cnc2ccc(Cl)cc12. The van der Waals surface area contributed by atoms with Crippen molar-refractivity contribution in [1.82, 2.24) is 9.88 Å². The van der Waals surface area contributed by atoms with Gasteiger partial charge in [-0.25, -0.2) is 4.39 Å². The van der Waals surface area contributed by atoms with Crippen LogP contribution in [-0.2, 0) is 0 Å². The summed E-state index contributed by atoms with van der Waals surface area (Å²) in [7, 11) is 0. The zero-order chi connectivity index (χ0) is 15.9.